The van der Waals surface area contributed by atoms with E-state index in [0.717, 1.165) is 16.9 Å². The van der Waals surface area contributed by atoms with Crippen molar-refractivity contribution in [2.45, 2.75) is 6.61 Å². The normalized spacial score (nSPS) is 13.1. The molecule has 0 spiro atoms. The third kappa shape index (κ3) is 4.27. The summed E-state index contributed by atoms with van der Waals surface area (Å²) >= 11 is 5.80. The zero-order valence-electron chi connectivity index (χ0n) is 12.3. The second-order valence-electron chi connectivity index (χ2n) is 4.97. The molecule has 0 bridgehead atoms. The highest BCUT2D eigenvalue weighted by molar-refractivity contribution is 6.30. The number of hydrogen-bond acceptors (Lipinski definition) is 4. The van der Waals surface area contributed by atoms with Crippen LogP contribution in [0.3, 0.4) is 0 Å². The van der Waals surface area contributed by atoms with Crippen molar-refractivity contribution in [3.63, 3.8) is 0 Å². The van der Waals surface area contributed by atoms with E-state index >= 15 is 0 Å². The van der Waals surface area contributed by atoms with E-state index in [4.69, 9.17) is 25.8 Å². The first-order chi connectivity index (χ1) is 11.2. The first kappa shape index (κ1) is 15.4. The van der Waals surface area contributed by atoms with Gasteiger partial charge in [0.25, 0.3) is 0 Å². The maximum atomic E-state index is 11.8. The molecule has 2 aromatic carbocycles. The summed E-state index contributed by atoms with van der Waals surface area (Å²) in [6, 6.07) is 12.7. The lowest BCUT2D eigenvalue weighted by Crippen LogP contribution is -2.15. The maximum absolute atomic E-state index is 11.8. The van der Waals surface area contributed by atoms with Crippen LogP contribution in [-0.4, -0.2) is 19.2 Å². The largest absolute Gasteiger partial charge is 0.486 e. The summed E-state index contributed by atoms with van der Waals surface area (Å²) in [6.45, 7) is 1.30. The third-order valence-corrected chi connectivity index (χ3v) is 3.52. The lowest BCUT2D eigenvalue weighted by Gasteiger charge is -2.18. The van der Waals surface area contributed by atoms with Crippen LogP contribution in [-0.2, 0) is 16.1 Å². The number of fused-ring (bicyclic) bond motifs is 1. The van der Waals surface area contributed by atoms with Crippen LogP contribution in [0, 0.1) is 0 Å². The predicted molar refractivity (Wildman–Crippen MR) is 87.7 cm³/mol. The van der Waals surface area contributed by atoms with Crippen LogP contribution < -0.4 is 9.47 Å². The highest BCUT2D eigenvalue weighted by atomic mass is 35.5. The molecule has 1 aliphatic heterocycles. The summed E-state index contributed by atoms with van der Waals surface area (Å²) in [5.74, 6) is 1.00. The van der Waals surface area contributed by atoms with Gasteiger partial charge >= 0.3 is 5.97 Å². The molecule has 118 valence electrons. The number of carbonyl (C=O) groups is 1. The molecule has 0 saturated heterocycles. The molecule has 23 heavy (non-hydrogen) atoms. The van der Waals surface area contributed by atoms with Gasteiger partial charge in [-0.15, -0.1) is 0 Å². The molecule has 2 aromatic rings. The Bertz CT molecular complexity index is 722. The number of benzene rings is 2. The van der Waals surface area contributed by atoms with E-state index in [1.807, 2.05) is 30.3 Å². The van der Waals surface area contributed by atoms with E-state index < -0.39 is 5.97 Å². The lowest BCUT2D eigenvalue weighted by atomic mass is 10.2. The average Bonchev–Trinajstić information content (AvgIpc) is 2.59. The quantitative estimate of drug-likeness (QED) is 0.630. The SMILES string of the molecule is O=C(/C=C/c1ccc2c(c1)OCCO2)OCc1ccc(Cl)cc1. The van der Waals surface area contributed by atoms with Crippen LogP contribution in [0.15, 0.2) is 48.5 Å². The van der Waals surface area contributed by atoms with Gasteiger partial charge in [0.05, 0.1) is 0 Å². The van der Waals surface area contributed by atoms with Gasteiger partial charge in [-0.05, 0) is 41.5 Å². The zero-order chi connectivity index (χ0) is 16.1. The number of carbonyl (C=O) groups excluding carboxylic acids is 1. The van der Waals surface area contributed by atoms with Crippen LogP contribution in [0.25, 0.3) is 6.08 Å². The van der Waals surface area contributed by atoms with Gasteiger partial charge in [0, 0.05) is 11.1 Å². The van der Waals surface area contributed by atoms with Crippen molar-refractivity contribution < 1.29 is 19.0 Å². The number of ether oxygens (including phenoxy) is 3. The monoisotopic (exact) mass is 330 g/mol. The van der Waals surface area contributed by atoms with E-state index in [2.05, 4.69) is 0 Å². The molecule has 0 N–H and O–H groups in total. The fourth-order valence-electron chi connectivity index (χ4n) is 2.11. The number of esters is 1. The third-order valence-electron chi connectivity index (χ3n) is 3.27. The molecule has 0 radical (unpaired) electrons. The first-order valence-corrected chi connectivity index (χ1v) is 7.57. The van der Waals surface area contributed by atoms with Crippen LogP contribution in [0.4, 0.5) is 0 Å². The standard InChI is InChI=1S/C18H15ClO4/c19-15-5-1-14(2-6-15)12-23-18(20)8-4-13-3-7-16-17(11-13)22-10-9-21-16/h1-8,11H,9-10,12H2/b8-4+. The highest BCUT2D eigenvalue weighted by Crippen LogP contribution is 2.31. The Hall–Kier alpha value is -2.46. The second-order valence-corrected chi connectivity index (χ2v) is 5.41. The summed E-state index contributed by atoms with van der Waals surface area (Å²) in [7, 11) is 0. The molecule has 0 aliphatic carbocycles. The van der Waals surface area contributed by atoms with Gasteiger partial charge in [-0.25, -0.2) is 4.79 Å². The van der Waals surface area contributed by atoms with E-state index in [1.54, 1.807) is 18.2 Å². The minimum Gasteiger partial charge on any atom is -0.486 e. The maximum Gasteiger partial charge on any atom is 0.331 e. The molecule has 0 aromatic heterocycles. The smallest absolute Gasteiger partial charge is 0.331 e. The van der Waals surface area contributed by atoms with Crippen molar-refractivity contribution in [1.29, 1.82) is 0 Å². The van der Waals surface area contributed by atoms with Crippen LogP contribution in [0.5, 0.6) is 11.5 Å². The van der Waals surface area contributed by atoms with Gasteiger partial charge in [-0.1, -0.05) is 29.8 Å². The lowest BCUT2D eigenvalue weighted by molar-refractivity contribution is -0.138. The van der Waals surface area contributed by atoms with Gasteiger partial charge in [0.15, 0.2) is 11.5 Å². The molecule has 0 saturated carbocycles. The fraction of sp³-hybridized carbons (Fsp3) is 0.167. The minimum atomic E-state index is -0.408. The molecule has 0 atom stereocenters. The van der Waals surface area contributed by atoms with Crippen molar-refractivity contribution in [2.24, 2.45) is 0 Å². The van der Waals surface area contributed by atoms with E-state index in [0.29, 0.717) is 24.0 Å². The average molecular weight is 331 g/mol. The Balaban J connectivity index is 1.56. The Morgan fingerprint density at radius 1 is 1.09 bits per heavy atom. The highest BCUT2D eigenvalue weighted by Gasteiger charge is 2.10. The topological polar surface area (TPSA) is 44.8 Å². The zero-order valence-corrected chi connectivity index (χ0v) is 13.1. The molecule has 5 heteroatoms. The molecule has 1 aliphatic rings. The minimum absolute atomic E-state index is 0.210. The number of halogens is 1. The van der Waals surface area contributed by atoms with Gasteiger partial charge in [-0.2, -0.15) is 0 Å². The van der Waals surface area contributed by atoms with E-state index in [9.17, 15) is 4.79 Å². The van der Waals surface area contributed by atoms with Crippen molar-refractivity contribution in [3.05, 3.63) is 64.7 Å². The van der Waals surface area contributed by atoms with Gasteiger partial charge in [0.1, 0.15) is 19.8 Å². The van der Waals surface area contributed by atoms with Crippen LogP contribution in [0.1, 0.15) is 11.1 Å². The van der Waals surface area contributed by atoms with Gasteiger partial charge in [-0.3, -0.25) is 0 Å². The van der Waals surface area contributed by atoms with Crippen molar-refractivity contribution in [1.82, 2.24) is 0 Å². The van der Waals surface area contributed by atoms with Crippen LogP contribution in [0.2, 0.25) is 5.02 Å². The Morgan fingerprint density at radius 2 is 1.83 bits per heavy atom. The molecule has 0 fully saturated rings. The van der Waals surface area contributed by atoms with E-state index in [-0.39, 0.29) is 6.61 Å². The summed E-state index contributed by atoms with van der Waals surface area (Å²) in [5, 5.41) is 0.651. The van der Waals surface area contributed by atoms with Gasteiger partial charge < -0.3 is 14.2 Å². The molecule has 0 unspecified atom stereocenters. The summed E-state index contributed by atoms with van der Waals surface area (Å²) in [4.78, 5) is 11.8. The fourth-order valence-corrected chi connectivity index (χ4v) is 2.24. The first-order valence-electron chi connectivity index (χ1n) is 7.20. The predicted octanol–water partition coefficient (Wildman–Crippen LogP) is 3.87. The molecule has 4 nitrogen and oxygen atoms in total. The second kappa shape index (κ2) is 7.20. The van der Waals surface area contributed by atoms with E-state index in [1.165, 1.54) is 6.08 Å². The molecule has 0 amide bonds. The molecular formula is C18H15ClO4. The van der Waals surface area contributed by atoms with Crippen molar-refractivity contribution in [2.75, 3.05) is 13.2 Å². The summed E-state index contributed by atoms with van der Waals surface area (Å²) < 4.78 is 16.1. The Kier molecular flexibility index (Phi) is 4.83. The summed E-state index contributed by atoms with van der Waals surface area (Å²) in [5.41, 5.74) is 1.73. The van der Waals surface area contributed by atoms with Crippen molar-refractivity contribution >= 4 is 23.6 Å². The number of rotatable bonds is 4. The summed E-state index contributed by atoms with van der Waals surface area (Å²) in [6.07, 6.45) is 3.07. The van der Waals surface area contributed by atoms with Crippen molar-refractivity contribution in [3.8, 4) is 11.5 Å². The molecule has 3 rings (SSSR count). The van der Waals surface area contributed by atoms with Crippen LogP contribution >= 0.6 is 11.6 Å². The number of hydrogen-bond donors (Lipinski definition) is 0. The van der Waals surface area contributed by atoms with Gasteiger partial charge in [0.2, 0.25) is 0 Å². The Labute approximate surface area is 139 Å². The molecule has 1 heterocycles. The Morgan fingerprint density at radius 3 is 2.61 bits per heavy atom. The molecular weight excluding hydrogens is 316 g/mol.